The summed E-state index contributed by atoms with van der Waals surface area (Å²) in [6.07, 6.45) is -4.58. The Morgan fingerprint density at radius 1 is 1.20 bits per heavy atom. The summed E-state index contributed by atoms with van der Waals surface area (Å²) in [4.78, 5) is 3.21. The summed E-state index contributed by atoms with van der Waals surface area (Å²) in [5.74, 6) is 0. The Balaban J connectivity index is 2.68. The van der Waals surface area contributed by atoms with Gasteiger partial charge in [-0.25, -0.2) is 0 Å². The third-order valence-corrected chi connectivity index (χ3v) is 2.13. The first-order chi connectivity index (χ1) is 6.89. The molecule has 0 atom stereocenters. The van der Waals surface area contributed by atoms with Crippen molar-refractivity contribution in [1.82, 2.24) is 0 Å². The zero-order chi connectivity index (χ0) is 11.5. The second-order valence-corrected chi connectivity index (χ2v) is 3.53. The Kier molecular flexibility index (Phi) is 3.99. The summed E-state index contributed by atoms with van der Waals surface area (Å²) < 4.78 is 35.8. The largest absolute Gasteiger partial charge is 0.444 e. The maximum absolute atomic E-state index is 11.9. The van der Waals surface area contributed by atoms with Gasteiger partial charge in [0.1, 0.15) is 0 Å². The molecule has 82 valence electrons. The molecule has 0 aromatic heterocycles. The van der Waals surface area contributed by atoms with E-state index in [1.54, 1.807) is 24.3 Å². The predicted molar refractivity (Wildman–Crippen MR) is 54.5 cm³/mol. The molecule has 0 bridgehead atoms. The fourth-order valence-electron chi connectivity index (χ4n) is 0.840. The van der Waals surface area contributed by atoms with Crippen LogP contribution < -0.4 is 0 Å². The highest BCUT2D eigenvalue weighted by Crippen LogP contribution is 2.20. The van der Waals surface area contributed by atoms with Crippen LogP contribution in [0.5, 0.6) is 0 Å². The highest BCUT2D eigenvalue weighted by atomic mass is 35.5. The molecule has 0 amide bonds. The lowest BCUT2D eigenvalue weighted by Gasteiger charge is -2.03. The quantitative estimate of drug-likeness (QED) is 0.708. The summed E-state index contributed by atoms with van der Waals surface area (Å²) in [5.41, 5.74) is 0.613. The first-order valence-electron chi connectivity index (χ1n) is 3.91. The normalized spacial score (nSPS) is 13.0. The molecule has 1 aromatic carbocycles. The van der Waals surface area contributed by atoms with Crippen molar-refractivity contribution in [2.24, 2.45) is 4.99 Å². The van der Waals surface area contributed by atoms with Crippen molar-refractivity contribution in [1.29, 1.82) is 0 Å². The highest BCUT2D eigenvalue weighted by molar-refractivity contribution is 6.66. The number of alkyl halides is 3. The topological polar surface area (TPSA) is 12.4 Å². The van der Waals surface area contributed by atoms with Gasteiger partial charge in [0.15, 0.2) is 0 Å². The Morgan fingerprint density at radius 3 is 2.20 bits per heavy atom. The maximum atomic E-state index is 11.9. The second-order valence-electron chi connectivity index (χ2n) is 2.73. The molecule has 0 radical (unpaired) electrons. The van der Waals surface area contributed by atoms with Crippen LogP contribution in [0, 0.1) is 0 Å². The minimum atomic E-state index is -4.58. The van der Waals surface area contributed by atoms with Crippen LogP contribution in [0.3, 0.4) is 0 Å². The van der Waals surface area contributed by atoms with Gasteiger partial charge in [0, 0.05) is 5.02 Å². The van der Waals surface area contributed by atoms with Gasteiger partial charge in [0.25, 0.3) is 0 Å². The van der Waals surface area contributed by atoms with Crippen molar-refractivity contribution in [2.45, 2.75) is 12.7 Å². The maximum Gasteiger partial charge on any atom is 0.444 e. The van der Waals surface area contributed by atoms with Gasteiger partial charge in [-0.15, -0.1) is 0 Å². The van der Waals surface area contributed by atoms with Crippen molar-refractivity contribution in [3.8, 4) is 0 Å². The lowest BCUT2D eigenvalue weighted by atomic mass is 10.2. The average molecular weight is 256 g/mol. The van der Waals surface area contributed by atoms with Gasteiger partial charge in [-0.3, -0.25) is 4.99 Å². The Labute approximate surface area is 94.5 Å². The third kappa shape index (κ3) is 4.10. The number of halogens is 5. The van der Waals surface area contributed by atoms with E-state index >= 15 is 0 Å². The molecule has 0 aliphatic rings. The van der Waals surface area contributed by atoms with Crippen molar-refractivity contribution >= 4 is 28.4 Å². The van der Waals surface area contributed by atoms with Gasteiger partial charge in [-0.05, 0) is 17.7 Å². The average Bonchev–Trinajstić information content (AvgIpc) is 2.15. The van der Waals surface area contributed by atoms with Crippen LogP contribution in [-0.4, -0.2) is 11.3 Å². The smallest absolute Gasteiger partial charge is 0.265 e. The Bertz CT molecular complexity index is 357. The van der Waals surface area contributed by atoms with Crippen LogP contribution in [0.25, 0.3) is 0 Å². The van der Waals surface area contributed by atoms with E-state index in [4.69, 9.17) is 23.2 Å². The van der Waals surface area contributed by atoms with E-state index in [9.17, 15) is 13.2 Å². The second kappa shape index (κ2) is 4.86. The molecule has 1 rings (SSSR count). The summed E-state index contributed by atoms with van der Waals surface area (Å²) in [6, 6.07) is 6.33. The molecule has 0 aliphatic heterocycles. The molecular formula is C9H6Cl2F3N. The number of aliphatic imine (C=N–C) groups is 1. The molecule has 0 unspecified atom stereocenters. The van der Waals surface area contributed by atoms with Gasteiger partial charge >= 0.3 is 6.18 Å². The lowest BCUT2D eigenvalue weighted by molar-refractivity contribution is -0.0561. The van der Waals surface area contributed by atoms with E-state index in [-0.39, 0.29) is 6.54 Å². The van der Waals surface area contributed by atoms with Gasteiger partial charge in [-0.1, -0.05) is 35.3 Å². The number of nitrogens with zero attached hydrogens (tertiary/aromatic N) is 1. The van der Waals surface area contributed by atoms with Crippen molar-refractivity contribution in [2.75, 3.05) is 0 Å². The van der Waals surface area contributed by atoms with Gasteiger partial charge in [-0.2, -0.15) is 13.2 Å². The molecule has 0 spiro atoms. The summed E-state index contributed by atoms with van der Waals surface area (Å²) in [5, 5.41) is -0.831. The first kappa shape index (κ1) is 12.3. The van der Waals surface area contributed by atoms with Crippen LogP contribution in [0.4, 0.5) is 13.2 Å². The van der Waals surface area contributed by atoms with E-state index in [0.717, 1.165) is 0 Å². The summed E-state index contributed by atoms with van der Waals surface area (Å²) >= 11 is 10.5. The fourth-order valence-corrected chi connectivity index (χ4v) is 1.03. The van der Waals surface area contributed by atoms with Crippen LogP contribution in [0.15, 0.2) is 29.3 Å². The molecule has 0 saturated heterocycles. The minimum absolute atomic E-state index is 0.116. The molecule has 15 heavy (non-hydrogen) atoms. The molecule has 0 saturated carbocycles. The van der Waals surface area contributed by atoms with Crippen molar-refractivity contribution < 1.29 is 13.2 Å². The van der Waals surface area contributed by atoms with Crippen molar-refractivity contribution in [3.05, 3.63) is 34.9 Å². The predicted octanol–water partition coefficient (Wildman–Crippen LogP) is 4.04. The number of hydrogen-bond donors (Lipinski definition) is 0. The molecule has 6 heteroatoms. The van der Waals surface area contributed by atoms with Crippen LogP contribution in [-0.2, 0) is 6.54 Å². The van der Waals surface area contributed by atoms with Gasteiger partial charge in [0.05, 0.1) is 6.54 Å². The zero-order valence-electron chi connectivity index (χ0n) is 7.35. The molecule has 0 aliphatic carbocycles. The van der Waals surface area contributed by atoms with E-state index in [1.165, 1.54) is 0 Å². The van der Waals surface area contributed by atoms with E-state index in [0.29, 0.717) is 10.6 Å². The molecule has 0 heterocycles. The molecule has 0 N–H and O–H groups in total. The highest BCUT2D eigenvalue weighted by Gasteiger charge is 2.34. The monoisotopic (exact) mass is 255 g/mol. The van der Waals surface area contributed by atoms with E-state index in [1.807, 2.05) is 0 Å². The Hall–Kier alpha value is -0.740. The SMILES string of the molecule is FC(F)(F)/C(Cl)=N\Cc1ccc(Cl)cc1. The number of benzene rings is 1. The number of rotatable bonds is 2. The van der Waals surface area contributed by atoms with Gasteiger partial charge < -0.3 is 0 Å². The van der Waals surface area contributed by atoms with E-state index < -0.39 is 11.3 Å². The minimum Gasteiger partial charge on any atom is -0.265 e. The van der Waals surface area contributed by atoms with Crippen LogP contribution in [0.2, 0.25) is 5.02 Å². The summed E-state index contributed by atoms with van der Waals surface area (Å²) in [7, 11) is 0. The standard InChI is InChI=1S/C9H6Cl2F3N/c10-7-3-1-6(2-4-7)5-15-8(11)9(12,13)14/h1-4H,5H2/b15-8+. The van der Waals surface area contributed by atoms with Crippen LogP contribution in [0.1, 0.15) is 5.56 Å². The number of hydrogen-bond acceptors (Lipinski definition) is 1. The third-order valence-electron chi connectivity index (χ3n) is 1.55. The zero-order valence-corrected chi connectivity index (χ0v) is 8.87. The fraction of sp³-hybridized carbons (Fsp3) is 0.222. The van der Waals surface area contributed by atoms with E-state index in [2.05, 4.69) is 4.99 Å². The first-order valence-corrected chi connectivity index (χ1v) is 4.67. The molecule has 0 fully saturated rings. The lowest BCUT2D eigenvalue weighted by Crippen LogP contribution is -2.17. The van der Waals surface area contributed by atoms with Crippen molar-refractivity contribution in [3.63, 3.8) is 0 Å². The van der Waals surface area contributed by atoms with Crippen LogP contribution >= 0.6 is 23.2 Å². The molecule has 1 nitrogen and oxygen atoms in total. The molecular weight excluding hydrogens is 250 g/mol. The summed E-state index contributed by atoms with van der Waals surface area (Å²) in [6.45, 7) is -0.116. The molecule has 1 aromatic rings. The van der Waals surface area contributed by atoms with Gasteiger partial charge in [0.2, 0.25) is 5.17 Å². The Morgan fingerprint density at radius 2 is 1.73 bits per heavy atom.